The highest BCUT2D eigenvalue weighted by molar-refractivity contribution is 5.95. The van der Waals surface area contributed by atoms with E-state index in [0.717, 1.165) is 13.0 Å². The second-order valence-corrected chi connectivity index (χ2v) is 7.08. The van der Waals surface area contributed by atoms with Crippen LogP contribution in [0.2, 0.25) is 0 Å². The maximum absolute atomic E-state index is 12.7. The van der Waals surface area contributed by atoms with E-state index in [4.69, 9.17) is 15.3 Å². The lowest BCUT2D eigenvalue weighted by Crippen LogP contribution is -2.57. The van der Waals surface area contributed by atoms with Gasteiger partial charge in [0.25, 0.3) is 0 Å². The minimum Gasteiger partial charge on any atom is -0.481 e. The van der Waals surface area contributed by atoms with E-state index in [9.17, 15) is 24.0 Å². The molecule has 0 bridgehead atoms. The number of rotatable bonds is 9. The molecule has 2 aliphatic rings. The molecule has 0 aromatic rings. The number of carboxylic acids is 2. The molecule has 6 N–H and O–H groups in total. The summed E-state index contributed by atoms with van der Waals surface area (Å²) in [4.78, 5) is 61.1. The molecule has 12 nitrogen and oxygen atoms in total. The molecule has 2 fully saturated rings. The van der Waals surface area contributed by atoms with Crippen molar-refractivity contribution in [3.8, 4) is 0 Å². The van der Waals surface area contributed by atoms with Crippen LogP contribution in [0, 0.1) is 0 Å². The number of nitrogens with one attached hydrogen (secondary N) is 3. The Morgan fingerprint density at radius 2 is 1.76 bits per heavy atom. The Labute approximate surface area is 166 Å². The zero-order chi connectivity index (χ0) is 21.6. The first kappa shape index (κ1) is 22.6. The molecule has 3 amide bonds. The van der Waals surface area contributed by atoms with E-state index in [1.54, 1.807) is 0 Å². The van der Waals surface area contributed by atoms with Crippen LogP contribution in [0.1, 0.15) is 32.1 Å². The summed E-state index contributed by atoms with van der Waals surface area (Å²) in [6.45, 7) is 0.210. The van der Waals surface area contributed by atoms with Gasteiger partial charge in [0.15, 0.2) is 0 Å². The van der Waals surface area contributed by atoms with Crippen molar-refractivity contribution in [3.63, 3.8) is 0 Å². The van der Waals surface area contributed by atoms with Crippen LogP contribution in [0.3, 0.4) is 0 Å². The third kappa shape index (κ3) is 5.87. The molecule has 12 heteroatoms. The minimum atomic E-state index is -1.63. The number of amides is 3. The van der Waals surface area contributed by atoms with Crippen molar-refractivity contribution < 1.29 is 39.3 Å². The van der Waals surface area contributed by atoms with Crippen LogP contribution in [-0.2, 0) is 24.0 Å². The van der Waals surface area contributed by atoms with Gasteiger partial charge in [0.1, 0.15) is 18.1 Å². The lowest BCUT2D eigenvalue weighted by Gasteiger charge is -2.28. The van der Waals surface area contributed by atoms with E-state index in [1.165, 1.54) is 4.90 Å². The van der Waals surface area contributed by atoms with Crippen LogP contribution >= 0.6 is 0 Å². The Morgan fingerprint density at radius 3 is 2.31 bits per heavy atom. The minimum absolute atomic E-state index is 0.203. The molecule has 162 valence electrons. The normalized spacial score (nSPS) is 23.3. The van der Waals surface area contributed by atoms with Crippen LogP contribution in [0.15, 0.2) is 0 Å². The molecule has 2 heterocycles. The maximum Gasteiger partial charge on any atom is 0.328 e. The van der Waals surface area contributed by atoms with Crippen molar-refractivity contribution in [2.45, 2.75) is 56.3 Å². The van der Waals surface area contributed by atoms with Gasteiger partial charge in [-0.05, 0) is 32.2 Å². The molecule has 2 saturated heterocycles. The molecule has 0 aromatic carbocycles. The van der Waals surface area contributed by atoms with Crippen molar-refractivity contribution in [2.75, 3.05) is 19.7 Å². The summed E-state index contributed by atoms with van der Waals surface area (Å²) < 4.78 is 0. The smallest absolute Gasteiger partial charge is 0.328 e. The first-order valence-electron chi connectivity index (χ1n) is 9.44. The molecule has 29 heavy (non-hydrogen) atoms. The Bertz CT molecular complexity index is 664. The highest BCUT2D eigenvalue weighted by Crippen LogP contribution is 2.21. The van der Waals surface area contributed by atoms with E-state index < -0.39 is 54.9 Å². The summed E-state index contributed by atoms with van der Waals surface area (Å²) in [5.74, 6) is -4.80. The molecule has 2 aliphatic heterocycles. The van der Waals surface area contributed by atoms with Crippen molar-refractivity contribution in [1.29, 1.82) is 0 Å². The average molecular weight is 414 g/mol. The number of hydrogen-bond donors (Lipinski definition) is 6. The number of nitrogens with zero attached hydrogens (tertiary/aromatic N) is 1. The number of hydrogen-bond acceptors (Lipinski definition) is 7. The average Bonchev–Trinajstić information content (AvgIpc) is 3.35. The van der Waals surface area contributed by atoms with Crippen molar-refractivity contribution in [2.24, 2.45) is 0 Å². The molecule has 0 spiro atoms. The van der Waals surface area contributed by atoms with Crippen LogP contribution in [-0.4, -0.2) is 93.7 Å². The first-order valence-corrected chi connectivity index (χ1v) is 9.44. The van der Waals surface area contributed by atoms with Gasteiger partial charge in [-0.15, -0.1) is 0 Å². The molecule has 2 rings (SSSR count). The van der Waals surface area contributed by atoms with E-state index in [2.05, 4.69) is 10.6 Å². The summed E-state index contributed by atoms with van der Waals surface area (Å²) in [7, 11) is 0. The standard InChI is InChI=1S/C17H26N4O8/c22-8-11(17(28)29)20-14(25)10(7-13(23)24)19-15(26)12-4-2-6-21(12)16(27)9-3-1-5-18-9/h9-12,18,22H,1-8H2,(H,19,26)(H,20,25)(H,23,24)(H,28,29). The number of aliphatic carboxylic acids is 2. The number of likely N-dealkylation sites (tertiary alicyclic amines) is 1. The first-order chi connectivity index (χ1) is 13.7. The van der Waals surface area contributed by atoms with E-state index in [-0.39, 0.29) is 11.9 Å². The number of carbonyl (C=O) groups is 5. The summed E-state index contributed by atoms with van der Waals surface area (Å²) in [6, 6.07) is -4.37. The lowest BCUT2D eigenvalue weighted by molar-refractivity contribution is -0.145. The third-order valence-electron chi connectivity index (χ3n) is 5.01. The van der Waals surface area contributed by atoms with Crippen LogP contribution in [0.4, 0.5) is 0 Å². The Morgan fingerprint density at radius 1 is 1.03 bits per heavy atom. The topological polar surface area (TPSA) is 185 Å². The van der Waals surface area contributed by atoms with E-state index in [0.29, 0.717) is 25.8 Å². The largest absolute Gasteiger partial charge is 0.481 e. The van der Waals surface area contributed by atoms with Gasteiger partial charge in [0.2, 0.25) is 17.7 Å². The van der Waals surface area contributed by atoms with Gasteiger partial charge in [0.05, 0.1) is 19.1 Å². The monoisotopic (exact) mass is 414 g/mol. The number of carboxylic acid groups (broad SMARTS) is 2. The Kier molecular flexibility index (Phi) is 7.91. The van der Waals surface area contributed by atoms with Gasteiger partial charge in [0, 0.05) is 6.54 Å². The van der Waals surface area contributed by atoms with Gasteiger partial charge >= 0.3 is 11.9 Å². The van der Waals surface area contributed by atoms with Crippen LogP contribution < -0.4 is 16.0 Å². The number of aliphatic hydroxyl groups excluding tert-OH is 1. The highest BCUT2D eigenvalue weighted by Gasteiger charge is 2.39. The Hall–Kier alpha value is -2.73. The summed E-state index contributed by atoms with van der Waals surface area (Å²) >= 11 is 0. The van der Waals surface area contributed by atoms with E-state index >= 15 is 0 Å². The van der Waals surface area contributed by atoms with Crippen LogP contribution in [0.5, 0.6) is 0 Å². The number of carbonyl (C=O) groups excluding carboxylic acids is 3. The quantitative estimate of drug-likeness (QED) is 0.233. The zero-order valence-corrected chi connectivity index (χ0v) is 15.8. The van der Waals surface area contributed by atoms with E-state index in [1.807, 2.05) is 5.32 Å². The molecule has 0 aliphatic carbocycles. The molecule has 0 aromatic heterocycles. The van der Waals surface area contributed by atoms with Gasteiger partial charge in [-0.3, -0.25) is 19.2 Å². The predicted octanol–water partition coefficient (Wildman–Crippen LogP) is -2.75. The highest BCUT2D eigenvalue weighted by atomic mass is 16.4. The molecule has 0 saturated carbocycles. The van der Waals surface area contributed by atoms with Gasteiger partial charge < -0.3 is 36.2 Å². The fraction of sp³-hybridized carbons (Fsp3) is 0.706. The lowest BCUT2D eigenvalue weighted by atomic mass is 10.1. The van der Waals surface area contributed by atoms with Gasteiger partial charge in [-0.1, -0.05) is 0 Å². The van der Waals surface area contributed by atoms with Crippen molar-refractivity contribution in [3.05, 3.63) is 0 Å². The molecule has 4 atom stereocenters. The summed E-state index contributed by atoms with van der Waals surface area (Å²) in [5.41, 5.74) is 0. The maximum atomic E-state index is 12.7. The van der Waals surface area contributed by atoms with Gasteiger partial charge in [-0.25, -0.2) is 4.79 Å². The molecule has 0 radical (unpaired) electrons. The second-order valence-electron chi connectivity index (χ2n) is 7.08. The summed E-state index contributed by atoms with van der Waals surface area (Å²) in [5, 5.41) is 34.3. The Balaban J connectivity index is 2.05. The zero-order valence-electron chi connectivity index (χ0n) is 15.8. The fourth-order valence-corrected chi connectivity index (χ4v) is 3.51. The van der Waals surface area contributed by atoms with Crippen molar-refractivity contribution >= 4 is 29.7 Å². The molecular weight excluding hydrogens is 388 g/mol. The molecular formula is C17H26N4O8. The molecule has 4 unspecified atom stereocenters. The SMILES string of the molecule is O=C(O)CC(NC(=O)C1CCCN1C(=O)C1CCCN1)C(=O)NC(CO)C(=O)O. The predicted molar refractivity (Wildman–Crippen MR) is 96.6 cm³/mol. The third-order valence-corrected chi connectivity index (χ3v) is 5.01. The fourth-order valence-electron chi connectivity index (χ4n) is 3.51. The van der Waals surface area contributed by atoms with Gasteiger partial charge in [-0.2, -0.15) is 0 Å². The summed E-state index contributed by atoms with van der Waals surface area (Å²) in [6.07, 6.45) is 1.72. The second kappa shape index (κ2) is 10.2. The van der Waals surface area contributed by atoms with Crippen molar-refractivity contribution in [1.82, 2.24) is 20.9 Å². The van der Waals surface area contributed by atoms with Crippen LogP contribution in [0.25, 0.3) is 0 Å². The number of aliphatic hydroxyl groups is 1.